The third-order valence-electron chi connectivity index (χ3n) is 3.91. The number of aryl methyl sites for hydroxylation is 2. The highest BCUT2D eigenvalue weighted by Crippen LogP contribution is 2.31. The number of amides is 2. The number of likely N-dealkylation sites (N-methyl/N-ethyl adjacent to an activating group) is 1. The van der Waals surface area contributed by atoms with E-state index in [9.17, 15) is 9.59 Å². The summed E-state index contributed by atoms with van der Waals surface area (Å²) in [5, 5.41) is 13.1. The second-order valence-electron chi connectivity index (χ2n) is 5.57. The van der Waals surface area contributed by atoms with Crippen LogP contribution in [0.3, 0.4) is 0 Å². The summed E-state index contributed by atoms with van der Waals surface area (Å²) in [6, 6.07) is 0. The van der Waals surface area contributed by atoms with Crippen LogP contribution in [0.15, 0.2) is 11.6 Å². The molecule has 2 amide bonds. The second-order valence-corrected chi connectivity index (χ2v) is 6.46. The van der Waals surface area contributed by atoms with Crippen molar-refractivity contribution in [1.29, 1.82) is 0 Å². The van der Waals surface area contributed by atoms with Crippen molar-refractivity contribution in [1.82, 2.24) is 24.9 Å². The first-order chi connectivity index (χ1) is 11.1. The standard InChI is InChI=1S/C14H18N6O2S/c1-19(8-11(21)16-14-15-6-7-23-14)13(22)9-4-3-5-10-12(9)20(2)18-17-10/h6-7,9H,3-5,8H2,1-2H3,(H,15,16,21). The Labute approximate surface area is 137 Å². The van der Waals surface area contributed by atoms with Gasteiger partial charge in [0.05, 0.1) is 23.9 Å². The molecular formula is C14H18N6O2S. The van der Waals surface area contributed by atoms with Crippen LogP contribution in [0.4, 0.5) is 5.13 Å². The van der Waals surface area contributed by atoms with E-state index in [0.717, 1.165) is 30.7 Å². The van der Waals surface area contributed by atoms with Gasteiger partial charge in [-0.05, 0) is 19.3 Å². The summed E-state index contributed by atoms with van der Waals surface area (Å²) in [6.07, 6.45) is 4.13. The second kappa shape index (κ2) is 6.45. The normalized spacial score (nSPS) is 16.7. The molecule has 23 heavy (non-hydrogen) atoms. The number of anilines is 1. The van der Waals surface area contributed by atoms with Crippen LogP contribution in [0.5, 0.6) is 0 Å². The molecular weight excluding hydrogens is 316 g/mol. The van der Waals surface area contributed by atoms with Gasteiger partial charge in [0.1, 0.15) is 0 Å². The molecule has 0 aliphatic heterocycles. The van der Waals surface area contributed by atoms with Crippen LogP contribution in [0.1, 0.15) is 30.1 Å². The fourth-order valence-electron chi connectivity index (χ4n) is 2.87. The van der Waals surface area contributed by atoms with E-state index in [1.54, 1.807) is 30.4 Å². The van der Waals surface area contributed by atoms with Crippen molar-refractivity contribution in [2.24, 2.45) is 7.05 Å². The maximum absolute atomic E-state index is 12.7. The fraction of sp³-hybridized carbons (Fsp3) is 0.500. The molecule has 3 rings (SSSR count). The summed E-state index contributed by atoms with van der Waals surface area (Å²) >= 11 is 1.34. The van der Waals surface area contributed by atoms with Crippen LogP contribution in [-0.2, 0) is 23.1 Å². The van der Waals surface area contributed by atoms with Gasteiger partial charge in [0.25, 0.3) is 0 Å². The van der Waals surface area contributed by atoms with E-state index < -0.39 is 0 Å². The molecule has 2 aromatic heterocycles. The number of aromatic nitrogens is 4. The number of carbonyl (C=O) groups excluding carboxylic acids is 2. The van der Waals surface area contributed by atoms with E-state index in [1.165, 1.54) is 16.2 Å². The molecule has 0 radical (unpaired) electrons. The lowest BCUT2D eigenvalue weighted by Crippen LogP contribution is -2.39. The minimum Gasteiger partial charge on any atom is -0.336 e. The van der Waals surface area contributed by atoms with Crippen molar-refractivity contribution >= 4 is 28.3 Å². The summed E-state index contributed by atoms with van der Waals surface area (Å²) < 4.78 is 1.67. The third kappa shape index (κ3) is 3.24. The van der Waals surface area contributed by atoms with Crippen LogP contribution in [-0.4, -0.2) is 50.3 Å². The predicted molar refractivity (Wildman–Crippen MR) is 85.1 cm³/mol. The topological polar surface area (TPSA) is 93.0 Å². The molecule has 0 bridgehead atoms. The molecule has 0 fully saturated rings. The molecule has 2 heterocycles. The van der Waals surface area contributed by atoms with Gasteiger partial charge in [0.2, 0.25) is 11.8 Å². The van der Waals surface area contributed by atoms with Gasteiger partial charge in [-0.3, -0.25) is 14.3 Å². The average molecular weight is 334 g/mol. The third-order valence-corrected chi connectivity index (χ3v) is 4.60. The lowest BCUT2D eigenvalue weighted by Gasteiger charge is -2.26. The van der Waals surface area contributed by atoms with E-state index in [0.29, 0.717) is 5.13 Å². The Morgan fingerprint density at radius 3 is 3.09 bits per heavy atom. The SMILES string of the molecule is CN(CC(=O)Nc1nccs1)C(=O)C1CCCc2nnn(C)c21. The van der Waals surface area contributed by atoms with Crippen LogP contribution >= 0.6 is 11.3 Å². The van der Waals surface area contributed by atoms with Crippen molar-refractivity contribution < 1.29 is 9.59 Å². The first-order valence-electron chi connectivity index (χ1n) is 7.39. The zero-order chi connectivity index (χ0) is 16.4. The predicted octanol–water partition coefficient (Wildman–Crippen LogP) is 0.789. The first-order valence-corrected chi connectivity index (χ1v) is 8.27. The molecule has 1 unspecified atom stereocenters. The number of thiazole rings is 1. The van der Waals surface area contributed by atoms with Gasteiger partial charge in [-0.25, -0.2) is 4.98 Å². The summed E-state index contributed by atoms with van der Waals surface area (Å²) in [5.41, 5.74) is 1.76. The van der Waals surface area contributed by atoms with E-state index in [1.807, 2.05) is 0 Å². The molecule has 1 atom stereocenters. The minimum absolute atomic E-state index is 0.00444. The molecule has 0 saturated carbocycles. The number of hydrogen-bond donors (Lipinski definition) is 1. The maximum Gasteiger partial charge on any atom is 0.245 e. The Morgan fingerprint density at radius 2 is 2.35 bits per heavy atom. The average Bonchev–Trinajstić information content (AvgIpc) is 3.16. The molecule has 8 nitrogen and oxygen atoms in total. The Hall–Kier alpha value is -2.29. The largest absolute Gasteiger partial charge is 0.336 e. The van der Waals surface area contributed by atoms with Crippen molar-refractivity contribution in [2.45, 2.75) is 25.2 Å². The minimum atomic E-state index is -0.281. The highest BCUT2D eigenvalue weighted by atomic mass is 32.1. The van der Waals surface area contributed by atoms with Crippen LogP contribution in [0.2, 0.25) is 0 Å². The van der Waals surface area contributed by atoms with Gasteiger partial charge in [-0.1, -0.05) is 5.21 Å². The first kappa shape index (κ1) is 15.6. The van der Waals surface area contributed by atoms with Gasteiger partial charge < -0.3 is 10.2 Å². The Bertz CT molecular complexity index is 711. The molecule has 1 aliphatic rings. The van der Waals surface area contributed by atoms with Gasteiger partial charge in [0.15, 0.2) is 5.13 Å². The zero-order valence-electron chi connectivity index (χ0n) is 13.0. The molecule has 9 heteroatoms. The van der Waals surface area contributed by atoms with Gasteiger partial charge in [-0.2, -0.15) is 0 Å². The Morgan fingerprint density at radius 1 is 1.52 bits per heavy atom. The summed E-state index contributed by atoms with van der Waals surface area (Å²) in [5.74, 6) is -0.614. The summed E-state index contributed by atoms with van der Waals surface area (Å²) in [4.78, 5) is 30.2. The monoisotopic (exact) mass is 334 g/mol. The van der Waals surface area contributed by atoms with Crippen molar-refractivity contribution in [3.05, 3.63) is 23.0 Å². The van der Waals surface area contributed by atoms with E-state index >= 15 is 0 Å². The quantitative estimate of drug-likeness (QED) is 0.892. The highest BCUT2D eigenvalue weighted by molar-refractivity contribution is 7.13. The van der Waals surface area contributed by atoms with Gasteiger partial charge in [-0.15, -0.1) is 16.4 Å². The van der Waals surface area contributed by atoms with Crippen molar-refractivity contribution in [3.8, 4) is 0 Å². The van der Waals surface area contributed by atoms with E-state index in [4.69, 9.17) is 0 Å². The zero-order valence-corrected chi connectivity index (χ0v) is 13.8. The van der Waals surface area contributed by atoms with Crippen LogP contribution < -0.4 is 5.32 Å². The van der Waals surface area contributed by atoms with E-state index in [2.05, 4.69) is 20.6 Å². The highest BCUT2D eigenvalue weighted by Gasteiger charge is 2.33. The summed E-state index contributed by atoms with van der Waals surface area (Å²) in [6.45, 7) is -0.00444. The van der Waals surface area contributed by atoms with Gasteiger partial charge in [0, 0.05) is 25.7 Å². The smallest absolute Gasteiger partial charge is 0.245 e. The van der Waals surface area contributed by atoms with Crippen molar-refractivity contribution in [3.63, 3.8) is 0 Å². The molecule has 0 spiro atoms. The van der Waals surface area contributed by atoms with Gasteiger partial charge >= 0.3 is 0 Å². The van der Waals surface area contributed by atoms with E-state index in [-0.39, 0.29) is 24.3 Å². The lowest BCUT2D eigenvalue weighted by molar-refractivity contribution is -0.135. The number of nitrogens with one attached hydrogen (secondary N) is 1. The number of carbonyl (C=O) groups is 2. The van der Waals surface area contributed by atoms with Crippen molar-refractivity contribution in [2.75, 3.05) is 18.9 Å². The molecule has 0 saturated heterocycles. The molecule has 0 aromatic carbocycles. The summed E-state index contributed by atoms with van der Waals surface area (Å²) in [7, 11) is 3.44. The molecule has 1 N–H and O–H groups in total. The molecule has 2 aromatic rings. The number of nitrogens with zero attached hydrogens (tertiary/aromatic N) is 5. The van der Waals surface area contributed by atoms with Crippen LogP contribution in [0, 0.1) is 0 Å². The number of rotatable bonds is 4. The van der Waals surface area contributed by atoms with Crippen LogP contribution in [0.25, 0.3) is 0 Å². The molecule has 122 valence electrons. The maximum atomic E-state index is 12.7. The Kier molecular flexibility index (Phi) is 4.37. The lowest BCUT2D eigenvalue weighted by atomic mass is 9.88. The molecule has 1 aliphatic carbocycles. The number of fused-ring (bicyclic) bond motifs is 1. The fourth-order valence-corrected chi connectivity index (χ4v) is 3.41. The Balaban J connectivity index is 1.66. The number of hydrogen-bond acceptors (Lipinski definition) is 6.